The van der Waals surface area contributed by atoms with Gasteiger partial charge in [0.15, 0.2) is 5.03 Å². The number of aliphatic carboxylic acids is 1. The van der Waals surface area contributed by atoms with Gasteiger partial charge in [0.25, 0.3) is 5.96 Å². The Kier molecular flexibility index (Phi) is 11.8. The number of hydrazine groups is 1. The highest BCUT2D eigenvalue weighted by molar-refractivity contribution is 5.90. The smallest absolute Gasteiger partial charge is 0.475 e. The zero-order chi connectivity index (χ0) is 28.4. The lowest BCUT2D eigenvalue weighted by Crippen LogP contribution is -2.50. The van der Waals surface area contributed by atoms with Crippen molar-refractivity contribution in [2.24, 2.45) is 22.2 Å². The Balaban J connectivity index is 0.00000152. The van der Waals surface area contributed by atoms with Gasteiger partial charge in [-0.2, -0.15) is 26.3 Å². The van der Waals surface area contributed by atoms with Crippen LogP contribution in [0.2, 0.25) is 0 Å². The fourth-order valence-electron chi connectivity index (χ4n) is 2.70. The van der Waals surface area contributed by atoms with Crippen LogP contribution in [0.3, 0.4) is 0 Å². The number of guanidine groups is 1. The summed E-state index contributed by atoms with van der Waals surface area (Å²) in [4.78, 5) is 58.7. The molecule has 1 aliphatic heterocycles. The van der Waals surface area contributed by atoms with Crippen LogP contribution in [0.25, 0.3) is 0 Å². The van der Waals surface area contributed by atoms with E-state index in [1.54, 1.807) is 10.7 Å². The summed E-state index contributed by atoms with van der Waals surface area (Å²) in [6, 6.07) is -3.46. The van der Waals surface area contributed by atoms with E-state index < -0.39 is 65.2 Å². The number of nitrogens with one attached hydrogen (secondary N) is 2. The molecule has 0 aromatic carbocycles. The number of nitrogens with two attached hydrogens (primary N) is 3. The maximum absolute atomic E-state index is 12.5. The molecule has 0 saturated carbocycles. The predicted molar refractivity (Wildman–Crippen MR) is 105 cm³/mol. The first-order valence-corrected chi connectivity index (χ1v) is 9.51. The Morgan fingerprint density at radius 1 is 1.14 bits per heavy atom. The average molecular weight is 540 g/mol. The van der Waals surface area contributed by atoms with Gasteiger partial charge in [0.2, 0.25) is 11.8 Å². The zero-order valence-electron chi connectivity index (χ0n) is 18.0. The molecule has 206 valence electrons. The highest BCUT2D eigenvalue weighted by Crippen LogP contribution is 2.22. The van der Waals surface area contributed by atoms with Crippen molar-refractivity contribution in [1.29, 1.82) is 0 Å². The fourth-order valence-corrected chi connectivity index (χ4v) is 2.70. The summed E-state index contributed by atoms with van der Waals surface area (Å²) in [6.45, 7) is -0.350. The van der Waals surface area contributed by atoms with Gasteiger partial charge >= 0.3 is 24.2 Å². The summed E-state index contributed by atoms with van der Waals surface area (Å²) in [5.41, 5.74) is 17.8. The lowest BCUT2D eigenvalue weighted by atomic mass is 10.1. The molecule has 0 unspecified atom stereocenters. The third-order valence-corrected chi connectivity index (χ3v) is 4.23. The van der Waals surface area contributed by atoms with Crippen LogP contribution in [0.4, 0.5) is 26.3 Å². The van der Waals surface area contributed by atoms with E-state index in [2.05, 4.69) is 4.99 Å². The summed E-state index contributed by atoms with van der Waals surface area (Å²) in [5, 5.41) is 18.1. The van der Waals surface area contributed by atoms with Crippen molar-refractivity contribution in [3.8, 4) is 0 Å². The number of aliphatic imine (C=N–C) groups is 1. The molecule has 9 N–H and O–H groups in total. The molecule has 0 aromatic heterocycles. The Morgan fingerprint density at radius 3 is 2.08 bits per heavy atom. The first-order chi connectivity index (χ1) is 16.3. The highest BCUT2D eigenvalue weighted by Gasteiger charge is 2.45. The van der Waals surface area contributed by atoms with Gasteiger partial charge in [0, 0.05) is 19.1 Å². The molecule has 1 rings (SSSR count). The van der Waals surface area contributed by atoms with Crippen molar-refractivity contribution in [2.45, 2.75) is 49.7 Å². The van der Waals surface area contributed by atoms with E-state index in [1.807, 2.05) is 0 Å². The van der Waals surface area contributed by atoms with Crippen LogP contribution >= 0.6 is 0 Å². The minimum Gasteiger partial charge on any atom is -0.475 e. The highest BCUT2D eigenvalue weighted by atomic mass is 19.4. The first-order valence-electron chi connectivity index (χ1n) is 9.51. The molecule has 1 aliphatic rings. The molecule has 0 aliphatic carbocycles. The summed E-state index contributed by atoms with van der Waals surface area (Å²) in [6.07, 6.45) is -10.2. The minimum absolute atomic E-state index is 0.0111. The van der Waals surface area contributed by atoms with Crippen LogP contribution in [0.1, 0.15) is 19.3 Å². The van der Waals surface area contributed by atoms with Gasteiger partial charge in [-0.25, -0.2) is 19.9 Å². The topological polar surface area (TPSA) is 249 Å². The van der Waals surface area contributed by atoms with Gasteiger partial charge in [0.1, 0.15) is 6.04 Å². The van der Waals surface area contributed by atoms with Gasteiger partial charge in [-0.15, -0.1) is 0 Å². The molecule has 1 saturated heterocycles. The monoisotopic (exact) mass is 540 g/mol. The third kappa shape index (κ3) is 11.5. The summed E-state index contributed by atoms with van der Waals surface area (Å²) in [5.74, 6) is -7.07. The number of carboxylic acids is 1. The van der Waals surface area contributed by atoms with Crippen molar-refractivity contribution in [3.05, 3.63) is 10.1 Å². The van der Waals surface area contributed by atoms with Crippen LogP contribution in [-0.4, -0.2) is 88.3 Å². The molecule has 21 heteroatoms. The van der Waals surface area contributed by atoms with E-state index in [0.29, 0.717) is 0 Å². The number of alkyl halides is 6. The second-order valence-electron chi connectivity index (χ2n) is 7.00. The van der Waals surface area contributed by atoms with E-state index in [-0.39, 0.29) is 32.4 Å². The van der Waals surface area contributed by atoms with E-state index >= 15 is 0 Å². The molecule has 0 spiro atoms. The van der Waals surface area contributed by atoms with Crippen molar-refractivity contribution in [3.63, 3.8) is 0 Å². The SMILES string of the molecule is NC(=O)[C@H]1C[C@@H](NC(=O)C(F)(F)F)CN1C(=O)[C@@H](N)CCCN=C(N)N[N+](=O)[O-].O=C(O)C(F)(F)F. The van der Waals surface area contributed by atoms with E-state index in [4.69, 9.17) is 27.1 Å². The molecule has 3 amide bonds. The summed E-state index contributed by atoms with van der Waals surface area (Å²) in [7, 11) is 0. The molecule has 0 bridgehead atoms. The van der Waals surface area contributed by atoms with Crippen LogP contribution in [0, 0.1) is 10.1 Å². The number of likely N-dealkylation sites (tertiary alicyclic amines) is 1. The fraction of sp³-hybridized carbons (Fsp3) is 0.667. The summed E-state index contributed by atoms with van der Waals surface area (Å²) < 4.78 is 68.9. The second-order valence-corrected chi connectivity index (χ2v) is 7.00. The number of carbonyl (C=O) groups is 4. The quantitative estimate of drug-likeness (QED) is 0.0491. The molecule has 36 heavy (non-hydrogen) atoms. The normalized spacial score (nSPS) is 19.0. The molecule has 15 nitrogen and oxygen atoms in total. The number of primary amides is 1. The van der Waals surface area contributed by atoms with Crippen LogP contribution < -0.4 is 27.9 Å². The average Bonchev–Trinajstić information content (AvgIpc) is 3.13. The number of carbonyl (C=O) groups excluding carboxylic acids is 3. The first kappa shape index (κ1) is 32.1. The standard InChI is InChI=1S/C13H21F3N8O5.C2HF3O2/c14-13(15,16)11(27)21-6-4-8(9(18)25)23(5-6)10(26)7(17)2-1-3-20-12(19)22-24(28)29;3-2(4,5)1(6)7/h6-8H,1-5,17H2,(H2,18,25)(H,21,27)(H3,19,20,22);(H,6,7)/t6-,7+,8-;/m1./s1. The van der Waals surface area contributed by atoms with E-state index in [9.17, 15) is 50.8 Å². The Bertz CT molecular complexity index is 866. The van der Waals surface area contributed by atoms with Crippen LogP contribution in [-0.2, 0) is 19.2 Å². The molecular weight excluding hydrogens is 518 g/mol. The molecule has 1 fully saturated rings. The Hall–Kier alpha value is -3.91. The molecule has 1 heterocycles. The number of carboxylic acid groups (broad SMARTS) is 1. The van der Waals surface area contributed by atoms with Crippen LogP contribution in [0.15, 0.2) is 4.99 Å². The van der Waals surface area contributed by atoms with Crippen molar-refractivity contribution in [1.82, 2.24) is 15.6 Å². The Labute approximate surface area is 197 Å². The lowest BCUT2D eigenvalue weighted by Gasteiger charge is -2.25. The molecular formula is C15H22F6N8O7. The number of amides is 3. The number of hydrogen-bond acceptors (Lipinski definition) is 8. The molecule has 0 aromatic rings. The van der Waals surface area contributed by atoms with Gasteiger partial charge in [-0.3, -0.25) is 14.4 Å². The maximum Gasteiger partial charge on any atom is 0.490 e. The Morgan fingerprint density at radius 2 is 1.67 bits per heavy atom. The number of nitrogens with zero attached hydrogens (tertiary/aromatic N) is 3. The van der Waals surface area contributed by atoms with Crippen molar-refractivity contribution in [2.75, 3.05) is 13.1 Å². The molecule has 0 radical (unpaired) electrons. The number of halogens is 6. The van der Waals surface area contributed by atoms with Gasteiger partial charge < -0.3 is 32.5 Å². The van der Waals surface area contributed by atoms with Gasteiger partial charge in [0.05, 0.1) is 6.04 Å². The van der Waals surface area contributed by atoms with E-state index in [1.165, 1.54) is 0 Å². The maximum atomic E-state index is 12.5. The van der Waals surface area contributed by atoms with Gasteiger partial charge in [-0.05, 0) is 19.3 Å². The van der Waals surface area contributed by atoms with E-state index in [0.717, 1.165) is 4.90 Å². The number of hydrogen-bond donors (Lipinski definition) is 6. The molecule has 3 atom stereocenters. The largest absolute Gasteiger partial charge is 0.490 e. The van der Waals surface area contributed by atoms with Crippen molar-refractivity contribution >= 4 is 29.7 Å². The number of rotatable bonds is 8. The lowest BCUT2D eigenvalue weighted by molar-refractivity contribution is -0.525. The third-order valence-electron chi connectivity index (χ3n) is 4.23. The minimum atomic E-state index is -5.11. The number of nitro groups is 1. The van der Waals surface area contributed by atoms with Gasteiger partial charge in [-0.1, -0.05) is 5.43 Å². The second kappa shape index (κ2) is 13.3. The predicted octanol–water partition coefficient (Wildman–Crippen LogP) is -2.04. The zero-order valence-corrected chi connectivity index (χ0v) is 18.0. The van der Waals surface area contributed by atoms with Crippen molar-refractivity contribution < 1.29 is 55.7 Å². The van der Waals surface area contributed by atoms with Crippen LogP contribution in [0.5, 0.6) is 0 Å². The summed E-state index contributed by atoms with van der Waals surface area (Å²) >= 11 is 0.